The molecule has 4 heteroatoms. The van der Waals surface area contributed by atoms with Gasteiger partial charge in [0.2, 0.25) is 0 Å². The zero-order valence-corrected chi connectivity index (χ0v) is 12.1. The van der Waals surface area contributed by atoms with E-state index in [9.17, 15) is 14.0 Å². The number of alkyl halides is 1. The number of hydrogen-bond donors (Lipinski definition) is 0. The Bertz CT molecular complexity index is 584. The Morgan fingerprint density at radius 1 is 0.905 bits per heavy atom. The number of nitriles is 1. The van der Waals surface area contributed by atoms with Crippen molar-refractivity contribution < 1.29 is 8.78 Å². The summed E-state index contributed by atoms with van der Waals surface area (Å²) in [7, 11) is 0. The van der Waals surface area contributed by atoms with E-state index in [0.717, 1.165) is 0 Å². The zero-order valence-electron chi connectivity index (χ0n) is 11.3. The molecule has 2 rings (SSSR count). The highest BCUT2D eigenvalue weighted by Crippen LogP contribution is 2.36. The van der Waals surface area contributed by atoms with Crippen LogP contribution in [0, 0.1) is 23.0 Å². The second kappa shape index (κ2) is 6.69. The molecule has 0 fully saturated rings. The van der Waals surface area contributed by atoms with E-state index in [0.29, 0.717) is 29.8 Å². The highest BCUT2D eigenvalue weighted by molar-refractivity contribution is 6.17. The van der Waals surface area contributed by atoms with Crippen LogP contribution in [0.2, 0.25) is 0 Å². The van der Waals surface area contributed by atoms with Gasteiger partial charge in [-0.25, -0.2) is 8.78 Å². The van der Waals surface area contributed by atoms with Crippen LogP contribution in [0.4, 0.5) is 8.78 Å². The van der Waals surface area contributed by atoms with Gasteiger partial charge in [-0.15, -0.1) is 11.6 Å². The Labute approximate surface area is 127 Å². The van der Waals surface area contributed by atoms with Crippen molar-refractivity contribution in [2.75, 3.05) is 5.88 Å². The van der Waals surface area contributed by atoms with Crippen LogP contribution in [0.5, 0.6) is 0 Å². The van der Waals surface area contributed by atoms with Crippen molar-refractivity contribution in [3.8, 4) is 6.07 Å². The van der Waals surface area contributed by atoms with Gasteiger partial charge in [-0.1, -0.05) is 24.3 Å². The van der Waals surface area contributed by atoms with Gasteiger partial charge < -0.3 is 0 Å². The largest absolute Gasteiger partial charge is 0.207 e. The first-order valence-corrected chi connectivity index (χ1v) is 7.15. The standard InChI is InChI=1S/C17H14ClF2N/c18-11-1-10-17(12-21,13-2-6-15(19)7-3-13)14-4-8-16(20)9-5-14/h2-9H,1,10-11H2. The Morgan fingerprint density at radius 2 is 1.33 bits per heavy atom. The summed E-state index contributed by atoms with van der Waals surface area (Å²) >= 11 is 5.76. The van der Waals surface area contributed by atoms with E-state index < -0.39 is 5.41 Å². The van der Waals surface area contributed by atoms with E-state index in [1.807, 2.05) is 0 Å². The smallest absolute Gasteiger partial charge is 0.123 e. The topological polar surface area (TPSA) is 23.8 Å². The van der Waals surface area contributed by atoms with E-state index in [1.54, 1.807) is 24.3 Å². The third kappa shape index (κ3) is 3.22. The molecule has 0 heterocycles. The first-order valence-electron chi connectivity index (χ1n) is 6.62. The average molecular weight is 306 g/mol. The summed E-state index contributed by atoms with van der Waals surface area (Å²) in [5, 5.41) is 9.77. The lowest BCUT2D eigenvalue weighted by atomic mass is 9.72. The van der Waals surface area contributed by atoms with Crippen LogP contribution in [0.15, 0.2) is 48.5 Å². The second-order valence-electron chi connectivity index (χ2n) is 4.82. The van der Waals surface area contributed by atoms with Crippen LogP contribution < -0.4 is 0 Å². The molecular weight excluding hydrogens is 292 g/mol. The lowest BCUT2D eigenvalue weighted by molar-refractivity contribution is 0.574. The number of halogens is 3. The van der Waals surface area contributed by atoms with Crippen LogP contribution in [0.1, 0.15) is 24.0 Å². The lowest BCUT2D eigenvalue weighted by Gasteiger charge is -2.27. The quantitative estimate of drug-likeness (QED) is 0.728. The third-order valence-electron chi connectivity index (χ3n) is 3.55. The van der Waals surface area contributed by atoms with Crippen molar-refractivity contribution in [3.05, 3.63) is 71.3 Å². The summed E-state index contributed by atoms with van der Waals surface area (Å²) in [5.74, 6) is -0.296. The highest BCUT2D eigenvalue weighted by Gasteiger charge is 2.34. The SMILES string of the molecule is N#CC(CCCCl)(c1ccc(F)cc1)c1ccc(F)cc1. The van der Waals surface area contributed by atoms with E-state index in [4.69, 9.17) is 11.6 Å². The Kier molecular flexibility index (Phi) is 4.93. The molecule has 0 unspecified atom stereocenters. The van der Waals surface area contributed by atoms with Crippen molar-refractivity contribution >= 4 is 11.6 Å². The van der Waals surface area contributed by atoms with Crippen LogP contribution in [0.3, 0.4) is 0 Å². The Hall–Kier alpha value is -1.92. The average Bonchev–Trinajstić information content (AvgIpc) is 2.51. The fraction of sp³-hybridized carbons (Fsp3) is 0.235. The number of hydrogen-bond acceptors (Lipinski definition) is 1. The molecule has 0 saturated carbocycles. The molecule has 1 nitrogen and oxygen atoms in total. The predicted molar refractivity (Wildman–Crippen MR) is 79.1 cm³/mol. The minimum absolute atomic E-state index is 0.359. The second-order valence-corrected chi connectivity index (χ2v) is 5.20. The predicted octanol–water partition coefficient (Wildman–Crippen LogP) is 4.79. The van der Waals surface area contributed by atoms with Crippen LogP contribution >= 0.6 is 11.6 Å². The number of rotatable bonds is 5. The molecule has 21 heavy (non-hydrogen) atoms. The van der Waals surface area contributed by atoms with Crippen molar-refractivity contribution in [2.24, 2.45) is 0 Å². The van der Waals surface area contributed by atoms with Gasteiger partial charge in [0.1, 0.15) is 17.0 Å². The number of nitrogens with zero attached hydrogens (tertiary/aromatic N) is 1. The summed E-state index contributed by atoms with van der Waals surface area (Å²) in [4.78, 5) is 0. The molecule has 0 aliphatic heterocycles. The molecule has 0 N–H and O–H groups in total. The maximum absolute atomic E-state index is 13.1. The van der Waals surface area contributed by atoms with Gasteiger partial charge in [0.05, 0.1) is 6.07 Å². The van der Waals surface area contributed by atoms with Gasteiger partial charge in [0.15, 0.2) is 0 Å². The summed E-state index contributed by atoms with van der Waals surface area (Å²) in [5.41, 5.74) is 0.419. The van der Waals surface area contributed by atoms with E-state index in [1.165, 1.54) is 24.3 Å². The zero-order chi connectivity index (χ0) is 15.3. The Morgan fingerprint density at radius 3 is 1.67 bits per heavy atom. The minimum Gasteiger partial charge on any atom is -0.207 e. The van der Waals surface area contributed by atoms with Crippen LogP contribution in [-0.2, 0) is 5.41 Å². The first kappa shape index (κ1) is 15.5. The Balaban J connectivity index is 2.55. The van der Waals surface area contributed by atoms with Crippen LogP contribution in [-0.4, -0.2) is 5.88 Å². The molecule has 2 aromatic rings. The molecule has 0 saturated heterocycles. The van der Waals surface area contributed by atoms with E-state index in [-0.39, 0.29) is 11.6 Å². The molecule has 0 aliphatic rings. The molecule has 0 aliphatic carbocycles. The summed E-state index contributed by atoms with van der Waals surface area (Å²) in [6.07, 6.45) is 1.12. The molecule has 0 radical (unpaired) electrons. The molecule has 2 aromatic carbocycles. The van der Waals surface area contributed by atoms with Gasteiger partial charge in [-0.2, -0.15) is 5.26 Å². The maximum atomic E-state index is 13.1. The van der Waals surface area contributed by atoms with Crippen molar-refractivity contribution in [1.82, 2.24) is 0 Å². The maximum Gasteiger partial charge on any atom is 0.123 e. The fourth-order valence-corrected chi connectivity index (χ4v) is 2.57. The lowest BCUT2D eigenvalue weighted by Crippen LogP contribution is -2.26. The summed E-state index contributed by atoms with van der Waals surface area (Å²) < 4.78 is 26.3. The van der Waals surface area contributed by atoms with Gasteiger partial charge in [0, 0.05) is 5.88 Å². The van der Waals surface area contributed by atoms with Crippen molar-refractivity contribution in [2.45, 2.75) is 18.3 Å². The molecular formula is C17H14ClF2N. The number of benzene rings is 2. The van der Waals surface area contributed by atoms with Crippen LogP contribution in [0.25, 0.3) is 0 Å². The van der Waals surface area contributed by atoms with E-state index in [2.05, 4.69) is 6.07 Å². The van der Waals surface area contributed by atoms with Gasteiger partial charge in [-0.05, 0) is 48.2 Å². The van der Waals surface area contributed by atoms with Crippen molar-refractivity contribution in [3.63, 3.8) is 0 Å². The molecule has 0 bridgehead atoms. The minimum atomic E-state index is -0.948. The van der Waals surface area contributed by atoms with Gasteiger partial charge >= 0.3 is 0 Å². The molecule has 108 valence electrons. The molecule has 0 spiro atoms. The molecule has 0 atom stereocenters. The fourth-order valence-electron chi connectivity index (χ4n) is 2.44. The highest BCUT2D eigenvalue weighted by atomic mass is 35.5. The van der Waals surface area contributed by atoms with Gasteiger partial charge in [-0.3, -0.25) is 0 Å². The van der Waals surface area contributed by atoms with Crippen molar-refractivity contribution in [1.29, 1.82) is 5.26 Å². The first-order chi connectivity index (χ1) is 10.1. The third-order valence-corrected chi connectivity index (χ3v) is 3.82. The molecule has 0 aromatic heterocycles. The van der Waals surface area contributed by atoms with E-state index >= 15 is 0 Å². The monoisotopic (exact) mass is 305 g/mol. The van der Waals surface area contributed by atoms with Gasteiger partial charge in [0.25, 0.3) is 0 Å². The summed E-state index contributed by atoms with van der Waals surface area (Å²) in [6, 6.07) is 14.0. The summed E-state index contributed by atoms with van der Waals surface area (Å²) in [6.45, 7) is 0. The normalized spacial score (nSPS) is 11.1. The molecule has 0 amide bonds.